The van der Waals surface area contributed by atoms with E-state index in [0.29, 0.717) is 16.1 Å². The molecule has 2 rings (SSSR count). The summed E-state index contributed by atoms with van der Waals surface area (Å²) in [6.07, 6.45) is 5.19. The van der Waals surface area contributed by atoms with Gasteiger partial charge < -0.3 is 4.90 Å². The summed E-state index contributed by atoms with van der Waals surface area (Å²) >= 11 is 3.34. The van der Waals surface area contributed by atoms with E-state index in [0.717, 1.165) is 25.9 Å². The molecule has 1 fully saturated rings. The maximum absolute atomic E-state index is 12.3. The lowest BCUT2D eigenvalue weighted by molar-refractivity contribution is 0.0670. The van der Waals surface area contributed by atoms with Crippen LogP contribution in [0.15, 0.2) is 22.9 Å². The maximum atomic E-state index is 12.3. The third-order valence-electron chi connectivity index (χ3n) is 3.37. The van der Waals surface area contributed by atoms with Gasteiger partial charge in [0.05, 0.1) is 5.56 Å². The molecule has 0 bridgehead atoms. The van der Waals surface area contributed by atoms with E-state index in [9.17, 15) is 4.79 Å². The molecule has 0 aliphatic carbocycles. The average Bonchev–Trinajstić information content (AvgIpc) is 2.38. The molecule has 1 unspecified atom stereocenters. The zero-order chi connectivity index (χ0) is 12.3. The Morgan fingerprint density at radius 3 is 3.18 bits per heavy atom. The number of nitrogens with zero attached hydrogens (tertiary/aromatic N) is 2. The summed E-state index contributed by atoms with van der Waals surface area (Å²) in [5, 5.41) is 0. The van der Waals surface area contributed by atoms with Gasteiger partial charge in [-0.2, -0.15) is 0 Å². The van der Waals surface area contributed by atoms with Crippen LogP contribution in [-0.2, 0) is 0 Å². The van der Waals surface area contributed by atoms with Crippen molar-refractivity contribution < 1.29 is 4.79 Å². The highest BCUT2D eigenvalue weighted by Crippen LogP contribution is 2.22. The molecule has 17 heavy (non-hydrogen) atoms. The van der Waals surface area contributed by atoms with Gasteiger partial charge in [-0.15, -0.1) is 0 Å². The molecule has 0 saturated carbocycles. The monoisotopic (exact) mass is 296 g/mol. The van der Waals surface area contributed by atoms with Crippen LogP contribution in [0.2, 0.25) is 0 Å². The third-order valence-corrected chi connectivity index (χ3v) is 4.00. The number of piperidine rings is 1. The molecule has 1 amide bonds. The van der Waals surface area contributed by atoms with Crippen LogP contribution in [0.3, 0.4) is 0 Å². The molecule has 1 atom stereocenters. The SMILES string of the molecule is CCC1CCCN(C(=O)c2cccnc2Br)C1. The fourth-order valence-electron chi connectivity index (χ4n) is 2.30. The molecule has 0 radical (unpaired) electrons. The molecule has 1 aromatic rings. The molecule has 4 heteroatoms. The van der Waals surface area contributed by atoms with E-state index in [-0.39, 0.29) is 5.91 Å². The van der Waals surface area contributed by atoms with Crippen LogP contribution in [0.25, 0.3) is 0 Å². The van der Waals surface area contributed by atoms with E-state index < -0.39 is 0 Å². The van der Waals surface area contributed by atoms with Crippen molar-refractivity contribution in [1.82, 2.24) is 9.88 Å². The number of carbonyl (C=O) groups is 1. The van der Waals surface area contributed by atoms with Gasteiger partial charge in [-0.1, -0.05) is 13.3 Å². The van der Waals surface area contributed by atoms with E-state index in [4.69, 9.17) is 0 Å². The number of aromatic nitrogens is 1. The van der Waals surface area contributed by atoms with Crippen molar-refractivity contribution in [2.75, 3.05) is 13.1 Å². The van der Waals surface area contributed by atoms with Crippen LogP contribution in [0, 0.1) is 5.92 Å². The van der Waals surface area contributed by atoms with Gasteiger partial charge in [0.15, 0.2) is 0 Å². The highest BCUT2D eigenvalue weighted by molar-refractivity contribution is 9.10. The minimum Gasteiger partial charge on any atom is -0.338 e. The number of rotatable bonds is 2. The molecule has 1 aliphatic rings. The molecular weight excluding hydrogens is 280 g/mol. The maximum Gasteiger partial charge on any atom is 0.256 e. The minimum atomic E-state index is 0.100. The first-order chi connectivity index (χ1) is 8.22. The second kappa shape index (κ2) is 5.63. The van der Waals surface area contributed by atoms with Crippen molar-refractivity contribution in [2.45, 2.75) is 26.2 Å². The molecule has 3 nitrogen and oxygen atoms in total. The van der Waals surface area contributed by atoms with Crippen LogP contribution in [0.4, 0.5) is 0 Å². The van der Waals surface area contributed by atoms with Gasteiger partial charge in [-0.3, -0.25) is 4.79 Å². The van der Waals surface area contributed by atoms with Gasteiger partial charge in [0.2, 0.25) is 0 Å². The lowest BCUT2D eigenvalue weighted by atomic mass is 9.95. The Morgan fingerprint density at radius 1 is 1.65 bits per heavy atom. The first-order valence-electron chi connectivity index (χ1n) is 6.12. The van der Waals surface area contributed by atoms with Crippen LogP contribution < -0.4 is 0 Å². The molecule has 0 N–H and O–H groups in total. The van der Waals surface area contributed by atoms with Crippen LogP contribution >= 0.6 is 15.9 Å². The van der Waals surface area contributed by atoms with E-state index in [1.807, 2.05) is 11.0 Å². The molecule has 0 aromatic carbocycles. The molecule has 0 spiro atoms. The van der Waals surface area contributed by atoms with Gasteiger partial charge in [0.25, 0.3) is 5.91 Å². The Labute approximate surface area is 110 Å². The fourth-order valence-corrected chi connectivity index (χ4v) is 2.72. The Bertz CT molecular complexity index is 408. The number of carbonyl (C=O) groups excluding carboxylic acids is 1. The lowest BCUT2D eigenvalue weighted by Gasteiger charge is -2.32. The summed E-state index contributed by atoms with van der Waals surface area (Å²) in [5.41, 5.74) is 0.671. The van der Waals surface area contributed by atoms with E-state index in [2.05, 4.69) is 27.8 Å². The standard InChI is InChI=1S/C13H17BrN2O/c1-2-10-5-4-8-16(9-10)13(17)11-6-3-7-15-12(11)14/h3,6-7,10H,2,4-5,8-9H2,1H3. The van der Waals surface area contributed by atoms with E-state index >= 15 is 0 Å². The molecule has 1 aromatic heterocycles. The van der Waals surface area contributed by atoms with Crippen molar-refractivity contribution in [1.29, 1.82) is 0 Å². The van der Waals surface area contributed by atoms with Gasteiger partial charge >= 0.3 is 0 Å². The van der Waals surface area contributed by atoms with Crippen molar-refractivity contribution in [3.8, 4) is 0 Å². The number of halogens is 1. The van der Waals surface area contributed by atoms with Gasteiger partial charge in [-0.05, 0) is 46.8 Å². The number of amides is 1. The molecule has 92 valence electrons. The normalized spacial score (nSPS) is 20.4. The van der Waals surface area contributed by atoms with Gasteiger partial charge in [-0.25, -0.2) is 4.98 Å². The lowest BCUT2D eigenvalue weighted by Crippen LogP contribution is -2.39. The highest BCUT2D eigenvalue weighted by atomic mass is 79.9. The number of hydrogen-bond donors (Lipinski definition) is 0. The van der Waals surface area contributed by atoms with Crippen molar-refractivity contribution >= 4 is 21.8 Å². The van der Waals surface area contributed by atoms with Crippen molar-refractivity contribution in [3.63, 3.8) is 0 Å². The van der Waals surface area contributed by atoms with Crippen LogP contribution in [-0.4, -0.2) is 28.9 Å². The highest BCUT2D eigenvalue weighted by Gasteiger charge is 2.24. The first-order valence-corrected chi connectivity index (χ1v) is 6.91. The topological polar surface area (TPSA) is 33.2 Å². The number of pyridine rings is 1. The third kappa shape index (κ3) is 2.86. The summed E-state index contributed by atoms with van der Waals surface area (Å²) in [4.78, 5) is 18.4. The number of hydrogen-bond acceptors (Lipinski definition) is 2. The largest absolute Gasteiger partial charge is 0.338 e. The predicted octanol–water partition coefficient (Wildman–Crippen LogP) is 3.11. The minimum absolute atomic E-state index is 0.100. The summed E-state index contributed by atoms with van der Waals surface area (Å²) in [6, 6.07) is 3.63. The smallest absolute Gasteiger partial charge is 0.256 e. The van der Waals surface area contributed by atoms with E-state index in [1.54, 1.807) is 12.3 Å². The Hall–Kier alpha value is -0.900. The van der Waals surface area contributed by atoms with Gasteiger partial charge in [0, 0.05) is 19.3 Å². The Kier molecular flexibility index (Phi) is 4.15. The fraction of sp³-hybridized carbons (Fsp3) is 0.538. The molecule has 1 aliphatic heterocycles. The first kappa shape index (κ1) is 12.6. The van der Waals surface area contributed by atoms with Crippen LogP contribution in [0.5, 0.6) is 0 Å². The summed E-state index contributed by atoms with van der Waals surface area (Å²) in [7, 11) is 0. The van der Waals surface area contributed by atoms with Crippen LogP contribution in [0.1, 0.15) is 36.5 Å². The summed E-state index contributed by atoms with van der Waals surface area (Å²) in [6.45, 7) is 3.95. The molecule has 2 heterocycles. The van der Waals surface area contributed by atoms with Crippen molar-refractivity contribution in [2.24, 2.45) is 5.92 Å². The predicted molar refractivity (Wildman–Crippen MR) is 70.9 cm³/mol. The summed E-state index contributed by atoms with van der Waals surface area (Å²) < 4.78 is 0.642. The number of likely N-dealkylation sites (tertiary alicyclic amines) is 1. The zero-order valence-electron chi connectivity index (χ0n) is 10.0. The Balaban J connectivity index is 2.12. The second-order valence-corrected chi connectivity index (χ2v) is 5.26. The second-order valence-electron chi connectivity index (χ2n) is 4.51. The Morgan fingerprint density at radius 2 is 2.47 bits per heavy atom. The quantitative estimate of drug-likeness (QED) is 0.786. The average molecular weight is 297 g/mol. The summed E-state index contributed by atoms with van der Waals surface area (Å²) in [5.74, 6) is 0.756. The van der Waals surface area contributed by atoms with Gasteiger partial charge in [0.1, 0.15) is 4.60 Å². The molecular formula is C13H17BrN2O. The van der Waals surface area contributed by atoms with E-state index in [1.165, 1.54) is 6.42 Å². The van der Waals surface area contributed by atoms with Crippen molar-refractivity contribution in [3.05, 3.63) is 28.5 Å². The molecule has 1 saturated heterocycles. The zero-order valence-corrected chi connectivity index (χ0v) is 11.6.